The van der Waals surface area contributed by atoms with E-state index in [9.17, 15) is 14.2 Å². The van der Waals surface area contributed by atoms with Gasteiger partial charge in [-0.15, -0.1) is 0 Å². The van der Waals surface area contributed by atoms with E-state index >= 15 is 0 Å². The monoisotopic (exact) mass is 245 g/mol. The number of hydroxylamine groups is 2. The van der Waals surface area contributed by atoms with E-state index in [-0.39, 0.29) is 64.2 Å². The first-order chi connectivity index (χ1) is 5.25. The van der Waals surface area contributed by atoms with Crippen molar-refractivity contribution in [1.29, 1.82) is 0 Å². The minimum atomic E-state index is -4.84. The molecule has 7 nitrogen and oxygen atoms in total. The first-order valence-electron chi connectivity index (χ1n) is 2.81. The summed E-state index contributed by atoms with van der Waals surface area (Å²) in [6.45, 7) is -0.0490. The van der Waals surface area contributed by atoms with E-state index in [0.29, 0.717) is 0 Å². The van der Waals surface area contributed by atoms with Crippen LogP contribution in [0.15, 0.2) is 0 Å². The van der Waals surface area contributed by atoms with Crippen molar-refractivity contribution in [2.24, 2.45) is 0 Å². The maximum absolute atomic E-state index is 10.5. The molecule has 0 heterocycles. The fourth-order valence-corrected chi connectivity index (χ4v) is 0.650. The molecule has 0 saturated carbocycles. The summed E-state index contributed by atoms with van der Waals surface area (Å²) in [6.07, 6.45) is 0. The molecule has 0 spiro atoms. The number of hydrogen-bond donors (Lipinski definition) is 3. The molecule has 0 rings (SSSR count). The molecule has 74 valence electrons. The molecular weight excluding hydrogens is 235 g/mol. The topological polar surface area (TPSA) is 115 Å². The predicted octanol–water partition coefficient (Wildman–Crippen LogP) is -2.37. The van der Waals surface area contributed by atoms with Crippen molar-refractivity contribution in [1.82, 2.24) is 5.06 Å². The zero-order chi connectivity index (χ0) is 9.94. The van der Waals surface area contributed by atoms with Crippen LogP contribution in [0.4, 0.5) is 0 Å². The Bertz CT molecular complexity index is 252. The molecular formula is C4H10NNa2O6P. The van der Waals surface area contributed by atoms with Crippen LogP contribution in [0, 0.1) is 0 Å². The van der Waals surface area contributed by atoms with E-state index < -0.39 is 25.6 Å². The molecule has 10 heteroatoms. The van der Waals surface area contributed by atoms with Crippen molar-refractivity contribution in [2.75, 3.05) is 6.54 Å². The maximum atomic E-state index is 10.5. The van der Waals surface area contributed by atoms with Gasteiger partial charge in [-0.05, 0) is 0 Å². The van der Waals surface area contributed by atoms with Crippen LogP contribution in [-0.2, 0) is 14.2 Å². The average molecular weight is 245 g/mol. The van der Waals surface area contributed by atoms with Gasteiger partial charge in [0.05, 0.1) is 0 Å². The molecule has 0 atom stereocenters. The zero-order valence-corrected chi connectivity index (χ0v) is 7.06. The zero-order valence-electron chi connectivity index (χ0n) is 6.17. The van der Waals surface area contributed by atoms with Gasteiger partial charge in [0.25, 0.3) is 5.52 Å². The predicted molar refractivity (Wildman–Crippen MR) is 50.5 cm³/mol. The molecule has 0 aliphatic carbocycles. The SMILES string of the molecule is CC(=O)N(O)CC(=O)P(=O)(O)O.[NaH].[NaH]. The molecule has 1 amide bonds. The molecule has 0 saturated heterocycles. The molecule has 0 radical (unpaired) electrons. The molecule has 0 aliphatic heterocycles. The summed E-state index contributed by atoms with van der Waals surface area (Å²) in [6, 6.07) is 0. The minimum absolute atomic E-state index is 0. The average Bonchev–Trinajstić information content (AvgIpc) is 1.85. The Labute approximate surface area is 125 Å². The summed E-state index contributed by atoms with van der Waals surface area (Å²) in [5, 5.41) is 8.51. The second kappa shape index (κ2) is 8.41. The van der Waals surface area contributed by atoms with Crippen molar-refractivity contribution < 1.29 is 29.1 Å². The number of rotatable bonds is 3. The molecule has 0 unspecified atom stereocenters. The van der Waals surface area contributed by atoms with Gasteiger partial charge in [0.2, 0.25) is 5.91 Å². The van der Waals surface area contributed by atoms with Crippen molar-refractivity contribution in [3.05, 3.63) is 0 Å². The first kappa shape index (κ1) is 20.6. The van der Waals surface area contributed by atoms with Crippen LogP contribution in [0.1, 0.15) is 6.92 Å². The second-order valence-electron chi connectivity index (χ2n) is 2.01. The van der Waals surface area contributed by atoms with Gasteiger partial charge in [0.1, 0.15) is 6.54 Å². The van der Waals surface area contributed by atoms with Crippen LogP contribution >= 0.6 is 7.60 Å². The van der Waals surface area contributed by atoms with Gasteiger partial charge in [-0.1, -0.05) is 0 Å². The van der Waals surface area contributed by atoms with Gasteiger partial charge >= 0.3 is 66.7 Å². The molecule has 0 aliphatic rings. The molecule has 14 heavy (non-hydrogen) atoms. The quantitative estimate of drug-likeness (QED) is 0.221. The van der Waals surface area contributed by atoms with Gasteiger partial charge in [0.15, 0.2) is 0 Å². The Morgan fingerprint density at radius 3 is 1.86 bits per heavy atom. The number of carbonyl (C=O) groups is 2. The van der Waals surface area contributed by atoms with Gasteiger partial charge < -0.3 is 9.79 Å². The summed E-state index contributed by atoms with van der Waals surface area (Å²) in [4.78, 5) is 37.2. The molecule has 0 aromatic carbocycles. The fraction of sp³-hybridized carbons (Fsp3) is 0.500. The summed E-state index contributed by atoms with van der Waals surface area (Å²) < 4.78 is 10.2. The van der Waals surface area contributed by atoms with Gasteiger partial charge in [-0.25, -0.2) is 5.06 Å². The summed E-state index contributed by atoms with van der Waals surface area (Å²) >= 11 is 0. The van der Waals surface area contributed by atoms with E-state index in [4.69, 9.17) is 15.0 Å². The molecule has 0 aromatic rings. The summed E-state index contributed by atoms with van der Waals surface area (Å²) in [5.74, 6) is -0.864. The van der Waals surface area contributed by atoms with Crippen LogP contribution in [-0.4, -0.2) is 97.1 Å². The molecule has 3 N–H and O–H groups in total. The van der Waals surface area contributed by atoms with Crippen LogP contribution in [0.3, 0.4) is 0 Å². The van der Waals surface area contributed by atoms with Gasteiger partial charge in [-0.2, -0.15) is 0 Å². The Hall–Kier alpha value is 1.25. The Morgan fingerprint density at radius 1 is 1.29 bits per heavy atom. The van der Waals surface area contributed by atoms with Crippen LogP contribution in [0.25, 0.3) is 0 Å². The Balaban J connectivity index is -0.000000605. The number of nitrogens with zero attached hydrogens (tertiary/aromatic N) is 1. The normalized spacial score (nSPS) is 9.43. The number of amides is 1. The molecule has 0 bridgehead atoms. The standard InChI is InChI=1S/C4H8NO6P.2Na.2H/c1-3(6)5(8)2-4(7)12(9,10)11;;;;/h8H,2H2,1H3,(H2,9,10,11);;;;. The third-order valence-electron chi connectivity index (χ3n) is 0.973. The van der Waals surface area contributed by atoms with E-state index in [1.165, 1.54) is 0 Å². The van der Waals surface area contributed by atoms with Crippen LogP contribution < -0.4 is 0 Å². The van der Waals surface area contributed by atoms with Gasteiger partial charge in [-0.3, -0.25) is 19.4 Å². The Morgan fingerprint density at radius 2 is 1.64 bits per heavy atom. The van der Waals surface area contributed by atoms with E-state index in [0.717, 1.165) is 6.92 Å². The summed E-state index contributed by atoms with van der Waals surface area (Å²) in [7, 11) is -4.84. The fourth-order valence-electron chi connectivity index (χ4n) is 0.332. The van der Waals surface area contributed by atoms with Crippen molar-refractivity contribution >= 4 is 78.1 Å². The van der Waals surface area contributed by atoms with E-state index in [1.807, 2.05) is 0 Å². The van der Waals surface area contributed by atoms with Crippen LogP contribution in [0.5, 0.6) is 0 Å². The first-order valence-corrected chi connectivity index (χ1v) is 4.42. The Kier molecular flexibility index (Phi) is 12.4. The van der Waals surface area contributed by atoms with Crippen LogP contribution in [0.2, 0.25) is 0 Å². The molecule has 0 fully saturated rings. The summed E-state index contributed by atoms with van der Waals surface area (Å²) in [5.41, 5.74) is -1.50. The van der Waals surface area contributed by atoms with E-state index in [1.54, 1.807) is 0 Å². The van der Waals surface area contributed by atoms with Crippen molar-refractivity contribution in [2.45, 2.75) is 6.92 Å². The number of carbonyl (C=O) groups excluding carboxylic acids is 2. The molecule has 0 aromatic heterocycles. The number of hydrogen-bond acceptors (Lipinski definition) is 4. The van der Waals surface area contributed by atoms with Gasteiger partial charge in [0, 0.05) is 6.92 Å². The third-order valence-corrected chi connectivity index (χ3v) is 1.76. The van der Waals surface area contributed by atoms with E-state index in [2.05, 4.69) is 0 Å². The second-order valence-corrected chi connectivity index (χ2v) is 3.60. The van der Waals surface area contributed by atoms with Crippen molar-refractivity contribution in [3.8, 4) is 0 Å². The van der Waals surface area contributed by atoms with Crippen molar-refractivity contribution in [3.63, 3.8) is 0 Å². The third kappa shape index (κ3) is 8.55.